The van der Waals surface area contributed by atoms with Gasteiger partial charge >= 0.3 is 5.97 Å². The highest BCUT2D eigenvalue weighted by molar-refractivity contribution is 5.89. The molecular formula is C24H22N2O2. The number of nitrogens with one attached hydrogen (secondary N) is 1. The lowest BCUT2D eigenvalue weighted by atomic mass is 9.96. The fourth-order valence-corrected chi connectivity index (χ4v) is 3.53. The Hall–Kier alpha value is -3.40. The molecule has 2 heterocycles. The van der Waals surface area contributed by atoms with E-state index in [2.05, 4.69) is 50.0 Å². The third-order valence-electron chi connectivity index (χ3n) is 5.12. The van der Waals surface area contributed by atoms with Crippen molar-refractivity contribution < 1.29 is 9.90 Å². The van der Waals surface area contributed by atoms with Crippen LogP contribution in [-0.2, 0) is 0 Å². The summed E-state index contributed by atoms with van der Waals surface area (Å²) in [6, 6.07) is 19.4. The monoisotopic (exact) mass is 370 g/mol. The van der Waals surface area contributed by atoms with Crippen molar-refractivity contribution in [3.05, 3.63) is 77.4 Å². The standard InChI is InChI=1S/C24H22N2O2/c1-14(2)18-9-4-15(3)23-19(18)10-11-22(26-23)21-13-12-20(25-21)16-5-7-17(8-6-16)24(27)28/h4-14,25H,1-3H3,(H,27,28). The number of aromatic carboxylic acids is 1. The smallest absolute Gasteiger partial charge is 0.335 e. The summed E-state index contributed by atoms with van der Waals surface area (Å²) in [4.78, 5) is 19.4. The first-order valence-electron chi connectivity index (χ1n) is 9.37. The van der Waals surface area contributed by atoms with Crippen LogP contribution >= 0.6 is 0 Å². The molecule has 0 atom stereocenters. The number of H-pyrrole nitrogens is 1. The van der Waals surface area contributed by atoms with Crippen molar-refractivity contribution in [2.75, 3.05) is 0 Å². The zero-order valence-electron chi connectivity index (χ0n) is 16.2. The third kappa shape index (κ3) is 3.18. The molecule has 2 aromatic heterocycles. The maximum atomic E-state index is 11.0. The van der Waals surface area contributed by atoms with Gasteiger partial charge in [-0.05, 0) is 59.9 Å². The van der Waals surface area contributed by atoms with Crippen LogP contribution in [0, 0.1) is 6.92 Å². The Morgan fingerprint density at radius 1 is 0.929 bits per heavy atom. The predicted octanol–water partition coefficient (Wildman–Crippen LogP) is 6.03. The van der Waals surface area contributed by atoms with Crippen molar-refractivity contribution in [2.45, 2.75) is 26.7 Å². The number of carboxylic acid groups (broad SMARTS) is 1. The topological polar surface area (TPSA) is 66.0 Å². The number of carbonyl (C=O) groups is 1. The quantitative estimate of drug-likeness (QED) is 0.461. The zero-order valence-corrected chi connectivity index (χ0v) is 16.2. The Bertz CT molecular complexity index is 1170. The summed E-state index contributed by atoms with van der Waals surface area (Å²) in [6.45, 7) is 6.49. The Morgan fingerprint density at radius 3 is 2.32 bits per heavy atom. The van der Waals surface area contributed by atoms with Crippen LogP contribution in [0.25, 0.3) is 33.5 Å². The van der Waals surface area contributed by atoms with Gasteiger partial charge in [-0.15, -0.1) is 0 Å². The SMILES string of the molecule is Cc1ccc(C(C)C)c2ccc(-c3ccc(-c4ccc(C(=O)O)cc4)[nH]3)nc12. The van der Waals surface area contributed by atoms with E-state index in [0.29, 0.717) is 5.92 Å². The minimum Gasteiger partial charge on any atom is -0.478 e. The van der Waals surface area contributed by atoms with Crippen molar-refractivity contribution in [3.63, 3.8) is 0 Å². The minimum atomic E-state index is -0.921. The minimum absolute atomic E-state index is 0.281. The van der Waals surface area contributed by atoms with Crippen molar-refractivity contribution in [2.24, 2.45) is 0 Å². The van der Waals surface area contributed by atoms with E-state index in [0.717, 1.165) is 33.7 Å². The molecule has 0 aliphatic rings. The lowest BCUT2D eigenvalue weighted by Crippen LogP contribution is -1.95. The van der Waals surface area contributed by atoms with E-state index in [1.807, 2.05) is 24.3 Å². The van der Waals surface area contributed by atoms with Crippen LogP contribution in [0.1, 0.15) is 41.3 Å². The molecule has 0 saturated heterocycles. The van der Waals surface area contributed by atoms with Gasteiger partial charge in [0.2, 0.25) is 0 Å². The molecular weight excluding hydrogens is 348 g/mol. The van der Waals surface area contributed by atoms with Crippen LogP contribution in [0.2, 0.25) is 0 Å². The van der Waals surface area contributed by atoms with Crippen LogP contribution in [0.3, 0.4) is 0 Å². The summed E-state index contributed by atoms with van der Waals surface area (Å²) in [6.07, 6.45) is 0. The molecule has 4 nitrogen and oxygen atoms in total. The number of aromatic amines is 1. The van der Waals surface area contributed by atoms with Crippen molar-refractivity contribution in [3.8, 4) is 22.6 Å². The van der Waals surface area contributed by atoms with Gasteiger partial charge in [-0.3, -0.25) is 0 Å². The van der Waals surface area contributed by atoms with E-state index in [4.69, 9.17) is 10.1 Å². The van der Waals surface area contributed by atoms with Gasteiger partial charge in [-0.25, -0.2) is 9.78 Å². The van der Waals surface area contributed by atoms with Gasteiger partial charge in [0, 0.05) is 11.1 Å². The molecule has 0 radical (unpaired) electrons. The van der Waals surface area contributed by atoms with Crippen molar-refractivity contribution >= 4 is 16.9 Å². The lowest BCUT2D eigenvalue weighted by molar-refractivity contribution is 0.0697. The summed E-state index contributed by atoms with van der Waals surface area (Å²) < 4.78 is 0. The number of aryl methyl sites for hydroxylation is 1. The van der Waals surface area contributed by atoms with E-state index in [1.54, 1.807) is 12.1 Å². The number of hydrogen-bond acceptors (Lipinski definition) is 2. The van der Waals surface area contributed by atoms with E-state index in [-0.39, 0.29) is 5.56 Å². The molecule has 28 heavy (non-hydrogen) atoms. The van der Waals surface area contributed by atoms with Gasteiger partial charge in [0.15, 0.2) is 0 Å². The number of aromatic nitrogens is 2. The predicted molar refractivity (Wildman–Crippen MR) is 113 cm³/mol. The molecule has 0 aliphatic carbocycles. The van der Waals surface area contributed by atoms with Gasteiger partial charge in [0.1, 0.15) is 0 Å². The average molecular weight is 370 g/mol. The van der Waals surface area contributed by atoms with Crippen LogP contribution < -0.4 is 0 Å². The fourth-order valence-electron chi connectivity index (χ4n) is 3.53. The van der Waals surface area contributed by atoms with Gasteiger partial charge in [-0.1, -0.05) is 44.2 Å². The molecule has 4 heteroatoms. The number of hydrogen-bond donors (Lipinski definition) is 2. The molecule has 0 amide bonds. The summed E-state index contributed by atoms with van der Waals surface area (Å²) in [7, 11) is 0. The van der Waals surface area contributed by atoms with Crippen molar-refractivity contribution in [1.29, 1.82) is 0 Å². The van der Waals surface area contributed by atoms with Gasteiger partial charge in [0.25, 0.3) is 0 Å². The fraction of sp³-hybridized carbons (Fsp3) is 0.167. The molecule has 4 rings (SSSR count). The molecule has 0 spiro atoms. The number of pyridine rings is 1. The van der Waals surface area contributed by atoms with E-state index < -0.39 is 5.97 Å². The first-order valence-corrected chi connectivity index (χ1v) is 9.37. The molecule has 2 N–H and O–H groups in total. The molecule has 0 fully saturated rings. The summed E-state index contributed by atoms with van der Waals surface area (Å²) in [5.74, 6) is -0.475. The molecule has 140 valence electrons. The summed E-state index contributed by atoms with van der Waals surface area (Å²) >= 11 is 0. The molecule has 0 saturated carbocycles. The van der Waals surface area contributed by atoms with Gasteiger partial charge < -0.3 is 10.1 Å². The number of nitrogens with zero attached hydrogens (tertiary/aromatic N) is 1. The highest BCUT2D eigenvalue weighted by Gasteiger charge is 2.11. The maximum Gasteiger partial charge on any atom is 0.335 e. The van der Waals surface area contributed by atoms with E-state index in [1.165, 1.54) is 10.9 Å². The highest BCUT2D eigenvalue weighted by atomic mass is 16.4. The Labute approximate surface area is 163 Å². The van der Waals surface area contributed by atoms with Crippen LogP contribution in [0.15, 0.2) is 60.7 Å². The molecule has 4 aromatic rings. The number of benzene rings is 2. The van der Waals surface area contributed by atoms with Crippen LogP contribution in [0.4, 0.5) is 0 Å². The highest BCUT2D eigenvalue weighted by Crippen LogP contribution is 2.30. The molecule has 0 unspecified atom stereocenters. The normalized spacial score (nSPS) is 11.3. The third-order valence-corrected chi connectivity index (χ3v) is 5.12. The number of rotatable bonds is 4. The molecule has 0 aliphatic heterocycles. The Kier molecular flexibility index (Phi) is 4.47. The number of fused-ring (bicyclic) bond motifs is 1. The molecule has 2 aromatic carbocycles. The zero-order chi connectivity index (χ0) is 19.8. The Morgan fingerprint density at radius 2 is 1.64 bits per heavy atom. The van der Waals surface area contributed by atoms with E-state index >= 15 is 0 Å². The second-order valence-corrected chi connectivity index (χ2v) is 7.39. The van der Waals surface area contributed by atoms with E-state index in [9.17, 15) is 4.79 Å². The van der Waals surface area contributed by atoms with Crippen LogP contribution in [0.5, 0.6) is 0 Å². The first-order chi connectivity index (χ1) is 13.4. The maximum absolute atomic E-state index is 11.0. The van der Waals surface area contributed by atoms with Gasteiger partial charge in [-0.2, -0.15) is 0 Å². The van der Waals surface area contributed by atoms with Crippen molar-refractivity contribution in [1.82, 2.24) is 9.97 Å². The lowest BCUT2D eigenvalue weighted by Gasteiger charge is -2.12. The largest absolute Gasteiger partial charge is 0.478 e. The van der Waals surface area contributed by atoms with Crippen LogP contribution in [-0.4, -0.2) is 21.0 Å². The second-order valence-electron chi connectivity index (χ2n) is 7.39. The average Bonchev–Trinajstić information content (AvgIpc) is 3.18. The van der Waals surface area contributed by atoms with Gasteiger partial charge in [0.05, 0.1) is 22.5 Å². The summed E-state index contributed by atoms with van der Waals surface area (Å²) in [5.41, 5.74) is 7.49. The summed E-state index contributed by atoms with van der Waals surface area (Å²) in [5, 5.41) is 10.2. The second kappa shape index (κ2) is 6.97. The number of carboxylic acids is 1. The Balaban J connectivity index is 1.73. The first kappa shape index (κ1) is 18.0. The molecule has 0 bridgehead atoms.